The number of nitrogens with zero attached hydrogens (tertiary/aromatic N) is 3. The first-order valence-electron chi connectivity index (χ1n) is 6.33. The molecule has 0 fully saturated rings. The van der Waals surface area contributed by atoms with Gasteiger partial charge in [-0.05, 0) is 19.1 Å². The zero-order chi connectivity index (χ0) is 15.0. The van der Waals surface area contributed by atoms with Crippen LogP contribution in [0.1, 0.15) is 21.7 Å². The van der Waals surface area contributed by atoms with Crippen molar-refractivity contribution in [1.29, 1.82) is 0 Å². The number of hydrogen-bond acceptors (Lipinski definition) is 4. The van der Waals surface area contributed by atoms with E-state index in [0.717, 1.165) is 22.9 Å². The first-order valence-corrected chi connectivity index (χ1v) is 6.33. The van der Waals surface area contributed by atoms with Gasteiger partial charge in [0.15, 0.2) is 0 Å². The summed E-state index contributed by atoms with van der Waals surface area (Å²) in [4.78, 5) is 19.1. The van der Waals surface area contributed by atoms with Gasteiger partial charge in [0.05, 0.1) is 24.2 Å². The van der Waals surface area contributed by atoms with E-state index in [0.29, 0.717) is 5.56 Å². The molecular weight excluding hydrogens is 296 g/mol. The number of imidazole rings is 1. The fourth-order valence-electron chi connectivity index (χ4n) is 2.27. The molecule has 0 atom stereocenters. The summed E-state index contributed by atoms with van der Waals surface area (Å²) in [6.07, 6.45) is 3.30. The van der Waals surface area contributed by atoms with Crippen molar-refractivity contribution in [3.8, 4) is 0 Å². The number of aromatic nitrogens is 3. The smallest absolute Gasteiger partial charge is 0.545 e. The summed E-state index contributed by atoms with van der Waals surface area (Å²) in [7, 11) is 0. The number of fused-ring (bicyclic) bond motifs is 1. The Kier molecular flexibility index (Phi) is 4.95. The molecule has 2 aromatic heterocycles. The third kappa shape index (κ3) is 3.04. The molecule has 0 saturated heterocycles. The van der Waals surface area contributed by atoms with Gasteiger partial charge in [-0.3, -0.25) is 4.98 Å². The van der Waals surface area contributed by atoms with Crippen LogP contribution in [0.4, 0.5) is 4.39 Å². The third-order valence-corrected chi connectivity index (χ3v) is 3.36. The molecule has 3 rings (SSSR count). The quantitative estimate of drug-likeness (QED) is 0.541. The molecule has 22 heavy (non-hydrogen) atoms. The molecule has 5 nitrogen and oxygen atoms in total. The van der Waals surface area contributed by atoms with E-state index in [2.05, 4.69) is 9.97 Å². The normalized spacial score (nSPS) is 10.5. The number of carboxylic acid groups (broad SMARTS) is 1. The van der Waals surface area contributed by atoms with E-state index in [9.17, 15) is 14.3 Å². The Balaban J connectivity index is 0.00000176. The van der Waals surface area contributed by atoms with Crippen LogP contribution < -0.4 is 34.7 Å². The number of aromatic carboxylic acids is 1. The number of hydrogen-bond donors (Lipinski definition) is 0. The van der Waals surface area contributed by atoms with Crippen molar-refractivity contribution in [3.63, 3.8) is 0 Å². The van der Waals surface area contributed by atoms with Gasteiger partial charge in [0, 0.05) is 17.3 Å². The number of benzene rings is 1. The van der Waals surface area contributed by atoms with E-state index in [4.69, 9.17) is 0 Å². The fourth-order valence-corrected chi connectivity index (χ4v) is 2.27. The van der Waals surface area contributed by atoms with Gasteiger partial charge in [0.2, 0.25) is 0 Å². The van der Waals surface area contributed by atoms with Gasteiger partial charge in [-0.15, -0.1) is 0 Å². The monoisotopic (exact) mass is 307 g/mol. The molecule has 1 aromatic carbocycles. The Morgan fingerprint density at radius 3 is 2.82 bits per heavy atom. The van der Waals surface area contributed by atoms with E-state index in [1.807, 2.05) is 17.6 Å². The number of halogens is 1. The van der Waals surface area contributed by atoms with Crippen molar-refractivity contribution >= 4 is 17.0 Å². The van der Waals surface area contributed by atoms with Crippen molar-refractivity contribution in [2.45, 2.75) is 13.5 Å². The Hall–Kier alpha value is -1.76. The standard InChI is InChI=1S/C15H12FN3O2.Na/c1-9-18-13-7-17-5-4-14(13)19(9)8-11-3-2-10(15(20)21)6-12(11)16;/h2-7H,8H2,1H3,(H,20,21);/q;+1/p-1. The summed E-state index contributed by atoms with van der Waals surface area (Å²) < 4.78 is 15.9. The van der Waals surface area contributed by atoms with Gasteiger partial charge in [0.1, 0.15) is 17.2 Å². The van der Waals surface area contributed by atoms with Gasteiger partial charge in [-0.2, -0.15) is 0 Å². The molecule has 0 aliphatic heterocycles. The van der Waals surface area contributed by atoms with Crippen LogP contribution in [0.3, 0.4) is 0 Å². The van der Waals surface area contributed by atoms with Gasteiger partial charge in [0.25, 0.3) is 0 Å². The van der Waals surface area contributed by atoms with Crippen LogP contribution >= 0.6 is 0 Å². The maximum absolute atomic E-state index is 14.0. The second-order valence-corrected chi connectivity index (χ2v) is 4.70. The molecule has 2 heterocycles. The van der Waals surface area contributed by atoms with Gasteiger partial charge in [-0.1, -0.05) is 12.1 Å². The largest absolute Gasteiger partial charge is 1.00 e. The molecule has 0 saturated carbocycles. The zero-order valence-corrected chi connectivity index (χ0v) is 14.2. The number of carbonyl (C=O) groups excluding carboxylic acids is 1. The van der Waals surface area contributed by atoms with Crippen molar-refractivity contribution in [2.24, 2.45) is 0 Å². The Bertz CT molecular complexity index is 848. The first kappa shape index (κ1) is 16.6. The van der Waals surface area contributed by atoms with Crippen molar-refractivity contribution in [1.82, 2.24) is 14.5 Å². The van der Waals surface area contributed by atoms with Crippen molar-refractivity contribution < 1.29 is 43.8 Å². The van der Waals surface area contributed by atoms with Crippen LogP contribution in [-0.2, 0) is 6.54 Å². The summed E-state index contributed by atoms with van der Waals surface area (Å²) in [6.45, 7) is 2.10. The Morgan fingerprint density at radius 1 is 1.36 bits per heavy atom. The first-order chi connectivity index (χ1) is 10.1. The predicted molar refractivity (Wildman–Crippen MR) is 72.1 cm³/mol. The fraction of sp³-hybridized carbons (Fsp3) is 0.133. The zero-order valence-electron chi connectivity index (χ0n) is 12.2. The molecule has 0 unspecified atom stereocenters. The number of carboxylic acids is 1. The molecule has 0 bridgehead atoms. The molecule has 106 valence electrons. The van der Waals surface area contributed by atoms with Gasteiger partial charge in [-0.25, -0.2) is 9.37 Å². The van der Waals surface area contributed by atoms with Crippen LogP contribution in [0.15, 0.2) is 36.7 Å². The molecule has 0 aliphatic rings. The van der Waals surface area contributed by atoms with Gasteiger partial charge < -0.3 is 14.5 Å². The summed E-state index contributed by atoms with van der Waals surface area (Å²) in [6, 6.07) is 5.57. The van der Waals surface area contributed by atoms with E-state index >= 15 is 0 Å². The van der Waals surface area contributed by atoms with E-state index in [1.165, 1.54) is 12.1 Å². The molecule has 0 aliphatic carbocycles. The SMILES string of the molecule is Cc1nc2cnccc2n1Cc1ccc(C(=O)[O-])cc1F.[Na+]. The maximum Gasteiger partial charge on any atom is 1.00 e. The van der Waals surface area contributed by atoms with Crippen LogP contribution in [-0.4, -0.2) is 20.5 Å². The van der Waals surface area contributed by atoms with Crippen LogP contribution in [0.25, 0.3) is 11.0 Å². The summed E-state index contributed by atoms with van der Waals surface area (Å²) in [5, 5.41) is 10.7. The number of aryl methyl sites for hydroxylation is 1. The van der Waals surface area contributed by atoms with Crippen molar-refractivity contribution in [3.05, 3.63) is 59.4 Å². The molecule has 0 spiro atoms. The third-order valence-electron chi connectivity index (χ3n) is 3.36. The number of carbonyl (C=O) groups is 1. The predicted octanol–water partition coefficient (Wildman–Crippen LogP) is -1.71. The second kappa shape index (κ2) is 6.56. The van der Waals surface area contributed by atoms with E-state index < -0.39 is 11.8 Å². The summed E-state index contributed by atoms with van der Waals surface area (Å²) in [5.41, 5.74) is 1.81. The number of pyridine rings is 1. The minimum absolute atomic E-state index is 0. The average molecular weight is 307 g/mol. The Labute approximate surface area is 148 Å². The Morgan fingerprint density at radius 2 is 2.14 bits per heavy atom. The van der Waals surface area contributed by atoms with E-state index in [1.54, 1.807) is 12.4 Å². The molecule has 7 heteroatoms. The maximum atomic E-state index is 14.0. The second-order valence-electron chi connectivity index (χ2n) is 4.70. The minimum atomic E-state index is -1.39. The average Bonchev–Trinajstić information content (AvgIpc) is 2.77. The van der Waals surface area contributed by atoms with Crippen LogP contribution in [0, 0.1) is 12.7 Å². The molecule has 0 radical (unpaired) electrons. The summed E-state index contributed by atoms with van der Waals surface area (Å²) in [5.74, 6) is -1.23. The van der Waals surface area contributed by atoms with Crippen LogP contribution in [0.2, 0.25) is 0 Å². The van der Waals surface area contributed by atoms with Crippen molar-refractivity contribution in [2.75, 3.05) is 0 Å². The minimum Gasteiger partial charge on any atom is -0.545 e. The molecule has 0 N–H and O–H groups in total. The summed E-state index contributed by atoms with van der Waals surface area (Å²) >= 11 is 0. The van der Waals surface area contributed by atoms with E-state index in [-0.39, 0.29) is 41.7 Å². The van der Waals surface area contributed by atoms with Gasteiger partial charge >= 0.3 is 29.6 Å². The topological polar surface area (TPSA) is 70.8 Å². The number of rotatable bonds is 3. The van der Waals surface area contributed by atoms with Crippen LogP contribution in [0.5, 0.6) is 0 Å². The molecule has 3 aromatic rings. The molecule has 0 amide bonds. The molecular formula is C15H11FN3NaO2.